The van der Waals surface area contributed by atoms with Gasteiger partial charge >= 0.3 is 83.7 Å². The van der Waals surface area contributed by atoms with Gasteiger partial charge in [0.25, 0.3) is 0 Å². The molecule has 0 fully saturated rings. The number of halogens is 2. The van der Waals surface area contributed by atoms with Gasteiger partial charge in [-0.2, -0.15) is 24.3 Å². The predicted octanol–water partition coefficient (Wildman–Crippen LogP) is 26.2. The molecule has 0 aromatic heterocycles. The summed E-state index contributed by atoms with van der Waals surface area (Å²) in [5.74, 6) is 2.18. The van der Waals surface area contributed by atoms with E-state index in [9.17, 15) is 0 Å². The standard InChI is InChI=1S/4C26H21.2C2H6Si.2ClH.2Zr/c4*1-17(2)20-14-18-9-7-13-24(25(18)16-20)26-15-19-8-3-4-10-21(19)22-11-5-6-12-23(22)26;2*1-3-2;;;;/h4*3-17H,1-2H3;2*1-2H3;2*1H;;/q4*-1;;;;;2*+2/p-2. The number of fused-ring (bicyclic) bond motifs is 16. The van der Waals surface area contributed by atoms with Crippen LogP contribution in [0, 0.1) is 0 Å². The number of benzene rings is 16. The van der Waals surface area contributed by atoms with Crippen LogP contribution in [0.3, 0.4) is 0 Å². The number of hydrogen-bond donors (Lipinski definition) is 0. The molecule has 20 aromatic carbocycles. The van der Waals surface area contributed by atoms with Crippen molar-refractivity contribution < 1.29 is 71.5 Å². The molecule has 6 heteroatoms. The maximum Gasteiger partial charge on any atom is -1.00 e. The van der Waals surface area contributed by atoms with Crippen molar-refractivity contribution in [3.05, 3.63) is 362 Å². The summed E-state index contributed by atoms with van der Waals surface area (Å²) >= 11 is 3.48. The fraction of sp³-hybridized carbons (Fsp3) is 0.148. The zero-order valence-corrected chi connectivity index (χ0v) is 75.8. The first-order valence-corrected chi connectivity index (χ1v) is 52.2. The first-order valence-electron chi connectivity index (χ1n) is 39.8. The maximum absolute atomic E-state index is 2.37. The van der Waals surface area contributed by atoms with E-state index in [-0.39, 0.29) is 35.7 Å². The van der Waals surface area contributed by atoms with Gasteiger partial charge in [0, 0.05) is 0 Å². The van der Waals surface area contributed by atoms with Gasteiger partial charge in [-0.25, -0.2) is 0 Å². The molecule has 0 nitrogen and oxygen atoms in total. The second-order valence-corrected chi connectivity index (χ2v) is 50.5. The van der Waals surface area contributed by atoms with E-state index in [4.69, 9.17) is 0 Å². The van der Waals surface area contributed by atoms with Gasteiger partial charge in [-0.15, -0.1) is 138 Å². The van der Waals surface area contributed by atoms with Crippen molar-refractivity contribution in [3.63, 3.8) is 0 Å². The molecule has 0 amide bonds. The molecule has 0 heterocycles. The normalized spacial score (nSPS) is 11.3. The van der Waals surface area contributed by atoms with Crippen molar-refractivity contribution in [2.75, 3.05) is 0 Å². The van der Waals surface area contributed by atoms with Crippen molar-refractivity contribution in [2.45, 2.75) is 105 Å². The van der Waals surface area contributed by atoms with Crippen molar-refractivity contribution >= 4 is 140 Å². The molecule has 0 aliphatic rings. The van der Waals surface area contributed by atoms with Crippen LogP contribution in [-0.4, -0.2) is 10.9 Å². The fourth-order valence-corrected chi connectivity index (χ4v) is 16.4. The van der Waals surface area contributed by atoms with E-state index in [1.807, 2.05) is 0 Å². The van der Waals surface area contributed by atoms with Gasteiger partial charge < -0.3 is 24.8 Å². The number of rotatable bonds is 8. The average molecular weight is 1700 g/mol. The monoisotopic (exact) mass is 1700 g/mol. The van der Waals surface area contributed by atoms with Gasteiger partial charge in [0.05, 0.1) is 0 Å². The van der Waals surface area contributed by atoms with Crippen LogP contribution in [-0.2, 0) is 46.7 Å². The summed E-state index contributed by atoms with van der Waals surface area (Å²) in [4.78, 5) is 0. The summed E-state index contributed by atoms with van der Waals surface area (Å²) in [6, 6.07) is 125. The Labute approximate surface area is 716 Å². The molecule has 0 aliphatic heterocycles. The minimum Gasteiger partial charge on any atom is -1.00 e. The summed E-state index contributed by atoms with van der Waals surface area (Å²) in [6.07, 6.45) is 0. The third kappa shape index (κ3) is 17.5. The van der Waals surface area contributed by atoms with Gasteiger partial charge in [0.15, 0.2) is 0 Å². The van der Waals surface area contributed by atoms with Gasteiger partial charge in [-0.1, -0.05) is 296 Å². The van der Waals surface area contributed by atoms with Gasteiger partial charge in [0.2, 0.25) is 0 Å². The second-order valence-electron chi connectivity index (χ2n) is 31.8. The quantitative estimate of drug-likeness (QED) is 0.0808. The summed E-state index contributed by atoms with van der Waals surface area (Å²) in [5.41, 5.74) is 16.7. The summed E-state index contributed by atoms with van der Waals surface area (Å²) in [6.45, 7) is 27.3. The molecule has 0 spiro atoms. The number of hydrogen-bond acceptors (Lipinski definition) is 0. The van der Waals surface area contributed by atoms with Crippen LogP contribution in [0.5, 0.6) is 0 Å². The molecule has 0 N–H and O–H groups in total. The van der Waals surface area contributed by atoms with E-state index in [2.05, 4.69) is 421 Å². The van der Waals surface area contributed by atoms with Crippen molar-refractivity contribution in [1.29, 1.82) is 0 Å². The molecule has 0 atom stereocenters. The van der Waals surface area contributed by atoms with Crippen LogP contribution in [0.4, 0.5) is 0 Å². The minimum absolute atomic E-state index is 0. The Balaban J connectivity index is 0.000000128. The Kier molecular flexibility index (Phi) is 26.7. The molecule has 0 saturated carbocycles. The van der Waals surface area contributed by atoms with E-state index >= 15 is 0 Å². The van der Waals surface area contributed by atoms with Crippen LogP contribution < -0.4 is 24.8 Å². The van der Waals surface area contributed by atoms with Crippen molar-refractivity contribution in [3.8, 4) is 44.5 Å². The van der Waals surface area contributed by atoms with Gasteiger partial charge in [-0.3, -0.25) is 0 Å². The molecule has 0 radical (unpaired) electrons. The van der Waals surface area contributed by atoms with Crippen LogP contribution in [0.1, 0.15) is 101 Å². The largest absolute Gasteiger partial charge is 1.00 e. The maximum atomic E-state index is 2.37. The first kappa shape index (κ1) is 82.8. The Morgan fingerprint density at radius 1 is 0.193 bits per heavy atom. The Morgan fingerprint density at radius 3 is 0.544 bits per heavy atom. The molecule has 20 aromatic rings. The van der Waals surface area contributed by atoms with Crippen molar-refractivity contribution in [2.24, 2.45) is 0 Å². The van der Waals surface area contributed by atoms with Crippen LogP contribution in [0.15, 0.2) is 340 Å². The Hall–Kier alpha value is -9.18. The Morgan fingerprint density at radius 2 is 0.360 bits per heavy atom. The first-order chi connectivity index (χ1) is 54.3. The summed E-state index contributed by atoms with van der Waals surface area (Å²) < 4.78 is 0. The van der Waals surface area contributed by atoms with Gasteiger partial charge in [0.1, 0.15) is 0 Å². The molecule has 20 rings (SSSR count). The molecule has 114 heavy (non-hydrogen) atoms. The molecule has 560 valence electrons. The Bertz CT molecular complexity index is 6070. The van der Waals surface area contributed by atoms with Gasteiger partial charge in [-0.05, 0) is 156 Å². The van der Waals surface area contributed by atoms with Crippen molar-refractivity contribution in [1.82, 2.24) is 0 Å². The van der Waals surface area contributed by atoms with E-state index in [1.165, 1.54) is 196 Å². The SMILES string of the molecule is CC(C)c1cc2c(-c3cc4ccccc4c4ccccc34)cccc2[cH-]1.CC(C)c1cc2c(-c3cc4ccccc4c4ccccc34)cccc2[cH-]1.CC(C)c1cc2c(-c3cc4ccccc4c4ccccc34)cccc2[cH-]1.CC(C)c1cc2c(-c3cc4ccccc4c4ccccc34)cccc2[cH-]1.C[Si](C)=[Zr+2].C[Si](C)=[Zr+2].[Cl-].[Cl-]. The van der Waals surface area contributed by atoms with E-state index in [0.29, 0.717) is 23.7 Å². The molecule has 0 bridgehead atoms. The van der Waals surface area contributed by atoms with E-state index in [1.54, 1.807) is 46.7 Å². The molecule has 0 unspecified atom stereocenters. The molecular formula is C108H96Cl2Si2Zr2-2. The molecule has 0 saturated heterocycles. The zero-order valence-electron chi connectivity index (χ0n) is 67.4. The summed E-state index contributed by atoms with van der Waals surface area (Å²) in [5, 5.41) is 31.9. The zero-order chi connectivity index (χ0) is 77.8. The van der Waals surface area contributed by atoms with Crippen LogP contribution >= 0.6 is 0 Å². The topological polar surface area (TPSA) is 0 Å². The van der Waals surface area contributed by atoms with E-state index in [0.717, 1.165) is 0 Å². The average Bonchev–Trinajstić information content (AvgIpc) is 1.08. The minimum atomic E-state index is 0. The predicted molar refractivity (Wildman–Crippen MR) is 491 cm³/mol. The third-order valence-electron chi connectivity index (χ3n) is 22.0. The van der Waals surface area contributed by atoms with Crippen LogP contribution in [0.25, 0.3) is 174 Å². The molecular weight excluding hydrogens is 1610 g/mol. The summed E-state index contributed by atoms with van der Waals surface area (Å²) in [7, 11) is 0. The van der Waals surface area contributed by atoms with E-state index < -0.39 is 0 Å². The molecule has 0 aliphatic carbocycles. The fourth-order valence-electron chi connectivity index (χ4n) is 16.4. The van der Waals surface area contributed by atoms with Crippen LogP contribution in [0.2, 0.25) is 26.2 Å². The second kappa shape index (κ2) is 36.7. The smallest absolute Gasteiger partial charge is 1.00 e. The third-order valence-corrected chi connectivity index (χ3v) is 22.0.